The van der Waals surface area contributed by atoms with Crippen molar-refractivity contribution in [3.8, 4) is 0 Å². The normalized spacial score (nSPS) is 10.5. The Hall–Kier alpha value is -1.88. The van der Waals surface area contributed by atoms with Gasteiger partial charge >= 0.3 is 0 Å². The third kappa shape index (κ3) is 3.36. The SMILES string of the molecule is CCc1c(C)nc(SCC(=O)c2ccccc2)[nH]c1=O. The lowest BCUT2D eigenvalue weighted by atomic mass is 10.2. The van der Waals surface area contributed by atoms with Gasteiger partial charge in [0.05, 0.1) is 5.75 Å². The van der Waals surface area contributed by atoms with Crippen molar-refractivity contribution < 1.29 is 4.79 Å². The number of aryl methyl sites for hydroxylation is 1. The highest BCUT2D eigenvalue weighted by molar-refractivity contribution is 7.99. The molecule has 0 radical (unpaired) electrons. The summed E-state index contributed by atoms with van der Waals surface area (Å²) in [6.45, 7) is 3.74. The molecule has 1 N–H and O–H groups in total. The minimum atomic E-state index is -0.116. The van der Waals surface area contributed by atoms with Gasteiger partial charge in [-0.05, 0) is 13.3 Å². The summed E-state index contributed by atoms with van der Waals surface area (Å²) < 4.78 is 0. The van der Waals surface area contributed by atoms with E-state index in [4.69, 9.17) is 0 Å². The molecule has 20 heavy (non-hydrogen) atoms. The van der Waals surface area contributed by atoms with Crippen LogP contribution in [-0.4, -0.2) is 21.5 Å². The van der Waals surface area contributed by atoms with E-state index in [0.29, 0.717) is 22.7 Å². The molecule has 2 aromatic rings. The van der Waals surface area contributed by atoms with E-state index in [-0.39, 0.29) is 17.1 Å². The quantitative estimate of drug-likeness (QED) is 0.522. The maximum Gasteiger partial charge on any atom is 0.254 e. The molecule has 0 amide bonds. The summed E-state index contributed by atoms with van der Waals surface area (Å²) >= 11 is 1.25. The lowest BCUT2D eigenvalue weighted by molar-refractivity contribution is 0.102. The second kappa shape index (κ2) is 6.52. The van der Waals surface area contributed by atoms with Gasteiger partial charge in [0.1, 0.15) is 0 Å². The topological polar surface area (TPSA) is 62.8 Å². The predicted octanol–water partition coefficient (Wildman–Crippen LogP) is 2.62. The molecule has 1 heterocycles. The van der Waals surface area contributed by atoms with Gasteiger partial charge in [-0.15, -0.1) is 0 Å². The molecule has 0 aliphatic heterocycles. The van der Waals surface area contributed by atoms with Gasteiger partial charge in [0.2, 0.25) is 0 Å². The van der Waals surface area contributed by atoms with Crippen LogP contribution < -0.4 is 5.56 Å². The Morgan fingerprint density at radius 3 is 2.60 bits per heavy atom. The standard InChI is InChI=1S/C15H16N2O2S/c1-3-12-10(2)16-15(17-14(12)19)20-9-13(18)11-7-5-4-6-8-11/h4-8H,3,9H2,1-2H3,(H,16,17,19). The maximum absolute atomic E-state index is 12.0. The van der Waals surface area contributed by atoms with Crippen molar-refractivity contribution in [2.45, 2.75) is 25.4 Å². The van der Waals surface area contributed by atoms with Crippen LogP contribution in [0.1, 0.15) is 28.5 Å². The first kappa shape index (κ1) is 14.5. The van der Waals surface area contributed by atoms with Crippen LogP contribution >= 0.6 is 11.8 Å². The number of Topliss-reactive ketones (excluding diaryl/α,β-unsaturated/α-hetero) is 1. The summed E-state index contributed by atoms with van der Waals surface area (Å²) in [6, 6.07) is 9.10. The molecule has 0 spiro atoms. The van der Waals surface area contributed by atoms with Crippen LogP contribution in [0.5, 0.6) is 0 Å². The number of aromatic amines is 1. The maximum atomic E-state index is 12.0. The molecule has 0 saturated heterocycles. The zero-order valence-electron chi connectivity index (χ0n) is 11.5. The number of H-pyrrole nitrogens is 1. The summed E-state index contributed by atoms with van der Waals surface area (Å²) in [4.78, 5) is 30.8. The molecule has 0 aliphatic rings. The molecule has 4 nitrogen and oxygen atoms in total. The van der Waals surface area contributed by atoms with E-state index >= 15 is 0 Å². The smallest absolute Gasteiger partial charge is 0.254 e. The van der Waals surface area contributed by atoms with E-state index < -0.39 is 0 Å². The number of thioether (sulfide) groups is 1. The Kier molecular flexibility index (Phi) is 4.74. The molecule has 0 fully saturated rings. The molecular formula is C15H16N2O2S. The van der Waals surface area contributed by atoms with E-state index in [9.17, 15) is 9.59 Å². The van der Waals surface area contributed by atoms with Gasteiger partial charge in [0.15, 0.2) is 10.9 Å². The van der Waals surface area contributed by atoms with Crippen LogP contribution in [0.25, 0.3) is 0 Å². The van der Waals surface area contributed by atoms with Gasteiger partial charge in [0, 0.05) is 16.8 Å². The minimum Gasteiger partial charge on any atom is -0.301 e. The molecule has 0 saturated carbocycles. The number of hydrogen-bond donors (Lipinski definition) is 1. The summed E-state index contributed by atoms with van der Waals surface area (Å²) in [5.74, 6) is 0.285. The van der Waals surface area contributed by atoms with E-state index in [1.807, 2.05) is 32.0 Å². The van der Waals surface area contributed by atoms with Crippen molar-refractivity contribution in [1.29, 1.82) is 0 Å². The van der Waals surface area contributed by atoms with Crippen LogP contribution in [0.2, 0.25) is 0 Å². The molecule has 0 aliphatic carbocycles. The molecule has 1 aromatic carbocycles. The number of ketones is 1. The van der Waals surface area contributed by atoms with E-state index in [1.165, 1.54) is 11.8 Å². The molecular weight excluding hydrogens is 272 g/mol. The van der Waals surface area contributed by atoms with Crippen molar-refractivity contribution >= 4 is 17.5 Å². The number of nitrogens with one attached hydrogen (secondary N) is 1. The van der Waals surface area contributed by atoms with Gasteiger partial charge in [-0.25, -0.2) is 4.98 Å². The number of rotatable bonds is 5. The fourth-order valence-corrected chi connectivity index (χ4v) is 2.71. The minimum absolute atomic E-state index is 0.0236. The number of carbonyl (C=O) groups excluding carboxylic acids is 1. The Bertz CT molecular complexity index is 665. The predicted molar refractivity (Wildman–Crippen MR) is 80.5 cm³/mol. The molecule has 0 atom stereocenters. The molecule has 0 unspecified atom stereocenters. The molecule has 5 heteroatoms. The summed E-state index contributed by atoms with van der Waals surface area (Å²) in [7, 11) is 0. The fourth-order valence-electron chi connectivity index (χ4n) is 1.91. The van der Waals surface area contributed by atoms with Crippen LogP contribution in [0.15, 0.2) is 40.3 Å². The first-order valence-corrected chi connectivity index (χ1v) is 7.41. The van der Waals surface area contributed by atoms with Gasteiger partial charge in [-0.3, -0.25) is 9.59 Å². The van der Waals surface area contributed by atoms with Crippen LogP contribution in [0.4, 0.5) is 0 Å². The largest absolute Gasteiger partial charge is 0.301 e. The van der Waals surface area contributed by atoms with Crippen LogP contribution in [-0.2, 0) is 6.42 Å². The highest BCUT2D eigenvalue weighted by atomic mass is 32.2. The van der Waals surface area contributed by atoms with Gasteiger partial charge < -0.3 is 4.98 Å². The lowest BCUT2D eigenvalue weighted by Gasteiger charge is -2.05. The van der Waals surface area contributed by atoms with Crippen molar-refractivity contribution in [3.63, 3.8) is 0 Å². The lowest BCUT2D eigenvalue weighted by Crippen LogP contribution is -2.17. The van der Waals surface area contributed by atoms with Gasteiger partial charge in [0.25, 0.3) is 5.56 Å². The van der Waals surface area contributed by atoms with E-state index in [0.717, 1.165) is 5.69 Å². The Morgan fingerprint density at radius 1 is 1.30 bits per heavy atom. The van der Waals surface area contributed by atoms with Crippen LogP contribution in [0, 0.1) is 6.92 Å². The first-order chi connectivity index (χ1) is 9.61. The highest BCUT2D eigenvalue weighted by Crippen LogP contribution is 2.15. The summed E-state index contributed by atoms with van der Waals surface area (Å²) in [6.07, 6.45) is 0.655. The zero-order valence-corrected chi connectivity index (χ0v) is 12.3. The molecule has 1 aromatic heterocycles. The number of carbonyl (C=O) groups is 1. The van der Waals surface area contributed by atoms with Crippen molar-refractivity contribution in [2.75, 3.05) is 5.75 Å². The Morgan fingerprint density at radius 2 is 2.00 bits per heavy atom. The monoisotopic (exact) mass is 288 g/mol. The molecule has 104 valence electrons. The summed E-state index contributed by atoms with van der Waals surface area (Å²) in [5.41, 5.74) is 1.98. The average molecular weight is 288 g/mol. The first-order valence-electron chi connectivity index (χ1n) is 6.42. The highest BCUT2D eigenvalue weighted by Gasteiger charge is 2.10. The Labute approximate surface area is 121 Å². The zero-order chi connectivity index (χ0) is 14.5. The van der Waals surface area contributed by atoms with E-state index in [1.54, 1.807) is 12.1 Å². The third-order valence-electron chi connectivity index (χ3n) is 2.99. The van der Waals surface area contributed by atoms with Crippen LogP contribution in [0.3, 0.4) is 0 Å². The number of nitrogens with zero attached hydrogens (tertiary/aromatic N) is 1. The second-order valence-corrected chi connectivity index (χ2v) is 5.33. The number of aromatic nitrogens is 2. The number of hydrogen-bond acceptors (Lipinski definition) is 4. The van der Waals surface area contributed by atoms with Crippen molar-refractivity contribution in [2.24, 2.45) is 0 Å². The second-order valence-electron chi connectivity index (χ2n) is 4.37. The van der Waals surface area contributed by atoms with Crippen molar-refractivity contribution in [1.82, 2.24) is 9.97 Å². The molecule has 0 bridgehead atoms. The Balaban J connectivity index is 2.09. The van der Waals surface area contributed by atoms with Gasteiger partial charge in [-0.2, -0.15) is 0 Å². The molecule has 2 rings (SSSR count). The van der Waals surface area contributed by atoms with E-state index in [2.05, 4.69) is 9.97 Å². The fraction of sp³-hybridized carbons (Fsp3) is 0.267. The summed E-state index contributed by atoms with van der Waals surface area (Å²) in [5, 5.41) is 0.494. The number of benzene rings is 1. The third-order valence-corrected chi connectivity index (χ3v) is 3.86. The van der Waals surface area contributed by atoms with Crippen molar-refractivity contribution in [3.05, 3.63) is 57.5 Å². The average Bonchev–Trinajstić information content (AvgIpc) is 2.45. The van der Waals surface area contributed by atoms with Gasteiger partial charge in [-0.1, -0.05) is 49.0 Å².